The molecule has 1 saturated carbocycles. The summed E-state index contributed by atoms with van der Waals surface area (Å²) in [7, 11) is 1.63. The van der Waals surface area contributed by atoms with Gasteiger partial charge in [-0.25, -0.2) is 0 Å². The number of rotatable bonds is 9. The van der Waals surface area contributed by atoms with Gasteiger partial charge >= 0.3 is 0 Å². The van der Waals surface area contributed by atoms with Crippen LogP contribution < -0.4 is 15.8 Å². The number of nitrogens with two attached hydrogens (primary N) is 1. The lowest BCUT2D eigenvalue weighted by Crippen LogP contribution is -2.21. The predicted octanol–water partition coefficient (Wildman–Crippen LogP) is 1.31. The fourth-order valence-corrected chi connectivity index (χ4v) is 2.04. The van der Waals surface area contributed by atoms with Gasteiger partial charge in [-0.1, -0.05) is 5.16 Å². The van der Waals surface area contributed by atoms with E-state index in [0.717, 1.165) is 30.4 Å². The van der Waals surface area contributed by atoms with Gasteiger partial charge in [0.1, 0.15) is 5.75 Å². The second-order valence-electron chi connectivity index (χ2n) is 5.21. The number of hydrogen-bond acceptors (Lipinski definition) is 5. The molecule has 0 heterocycles. The average Bonchev–Trinajstić information content (AvgIpc) is 3.34. The van der Waals surface area contributed by atoms with Crippen molar-refractivity contribution in [1.29, 1.82) is 0 Å². The van der Waals surface area contributed by atoms with E-state index in [2.05, 4.69) is 10.5 Å². The zero-order valence-corrected chi connectivity index (χ0v) is 12.3. The Kier molecular flexibility index (Phi) is 5.83. The summed E-state index contributed by atoms with van der Waals surface area (Å²) in [6.07, 6.45) is 2.62. The maximum Gasteiger partial charge on any atom is 0.170 e. The van der Waals surface area contributed by atoms with Crippen molar-refractivity contribution in [2.24, 2.45) is 16.8 Å². The minimum Gasteiger partial charge on any atom is -0.496 e. The van der Waals surface area contributed by atoms with Crippen molar-refractivity contribution < 1.29 is 14.7 Å². The second kappa shape index (κ2) is 7.85. The van der Waals surface area contributed by atoms with Gasteiger partial charge in [0, 0.05) is 30.8 Å². The number of ether oxygens (including phenoxy) is 2. The highest BCUT2D eigenvalue weighted by molar-refractivity contribution is 5.97. The van der Waals surface area contributed by atoms with Crippen LogP contribution in [-0.2, 0) is 11.3 Å². The Balaban J connectivity index is 1.81. The van der Waals surface area contributed by atoms with E-state index in [-0.39, 0.29) is 5.84 Å². The van der Waals surface area contributed by atoms with E-state index >= 15 is 0 Å². The van der Waals surface area contributed by atoms with Crippen molar-refractivity contribution in [2.75, 3.05) is 26.9 Å². The van der Waals surface area contributed by atoms with Gasteiger partial charge < -0.3 is 25.7 Å². The van der Waals surface area contributed by atoms with Crippen molar-refractivity contribution in [3.63, 3.8) is 0 Å². The Hall–Kier alpha value is -1.79. The first kappa shape index (κ1) is 15.6. The van der Waals surface area contributed by atoms with Crippen molar-refractivity contribution in [1.82, 2.24) is 5.32 Å². The first-order valence-electron chi connectivity index (χ1n) is 7.18. The summed E-state index contributed by atoms with van der Waals surface area (Å²) in [5, 5.41) is 15.0. The van der Waals surface area contributed by atoms with Crippen LogP contribution in [0.15, 0.2) is 23.4 Å². The number of nitrogens with one attached hydrogen (secondary N) is 1. The number of methoxy groups -OCH3 is 1. The number of hydrogen-bond donors (Lipinski definition) is 3. The van der Waals surface area contributed by atoms with E-state index in [4.69, 9.17) is 20.4 Å². The standard InChI is InChI=1S/C15H23N3O3/c1-20-14-5-4-12(15(16)18-19)8-13(14)9-17-6-7-21-10-11-2-3-11/h4-5,8,11,17,19H,2-3,6-7,9-10H2,1H3,(H2,16,18). The number of amidine groups is 1. The number of benzene rings is 1. The van der Waals surface area contributed by atoms with E-state index in [1.165, 1.54) is 12.8 Å². The third kappa shape index (κ3) is 4.91. The second-order valence-corrected chi connectivity index (χ2v) is 5.21. The third-order valence-electron chi connectivity index (χ3n) is 3.47. The van der Waals surface area contributed by atoms with Crippen LogP contribution in [0.25, 0.3) is 0 Å². The van der Waals surface area contributed by atoms with Crippen LogP contribution in [0.4, 0.5) is 0 Å². The van der Waals surface area contributed by atoms with Gasteiger partial charge in [-0.15, -0.1) is 0 Å². The molecule has 0 amide bonds. The van der Waals surface area contributed by atoms with Crippen molar-refractivity contribution in [2.45, 2.75) is 19.4 Å². The lowest BCUT2D eigenvalue weighted by atomic mass is 10.1. The molecule has 0 aromatic heterocycles. The summed E-state index contributed by atoms with van der Waals surface area (Å²) in [5.74, 6) is 1.66. The zero-order chi connectivity index (χ0) is 15.1. The summed E-state index contributed by atoms with van der Waals surface area (Å²) in [4.78, 5) is 0. The number of oxime groups is 1. The fraction of sp³-hybridized carbons (Fsp3) is 0.533. The summed E-state index contributed by atoms with van der Waals surface area (Å²) >= 11 is 0. The maximum absolute atomic E-state index is 8.73. The summed E-state index contributed by atoms with van der Waals surface area (Å²) in [6.45, 7) is 3.01. The molecular formula is C15H23N3O3. The van der Waals surface area contributed by atoms with Gasteiger partial charge in [-0.2, -0.15) is 0 Å². The zero-order valence-electron chi connectivity index (χ0n) is 12.3. The first-order chi connectivity index (χ1) is 10.2. The van der Waals surface area contributed by atoms with Crippen molar-refractivity contribution >= 4 is 5.84 Å². The molecule has 0 bridgehead atoms. The van der Waals surface area contributed by atoms with Gasteiger partial charge in [-0.05, 0) is 37.0 Å². The molecule has 21 heavy (non-hydrogen) atoms. The number of nitrogens with zero attached hydrogens (tertiary/aromatic N) is 1. The van der Waals surface area contributed by atoms with Crippen LogP contribution in [0.3, 0.4) is 0 Å². The molecule has 0 radical (unpaired) electrons. The summed E-state index contributed by atoms with van der Waals surface area (Å²) in [5.41, 5.74) is 7.23. The first-order valence-corrected chi connectivity index (χ1v) is 7.18. The Morgan fingerprint density at radius 1 is 1.48 bits per heavy atom. The minimum absolute atomic E-state index is 0.0895. The van der Waals surface area contributed by atoms with E-state index in [0.29, 0.717) is 18.7 Å². The molecule has 2 rings (SSSR count). The minimum atomic E-state index is 0.0895. The van der Waals surface area contributed by atoms with E-state index in [1.807, 2.05) is 12.1 Å². The SMILES string of the molecule is COc1ccc(/C(N)=N/O)cc1CNCCOCC1CC1. The molecule has 0 unspecified atom stereocenters. The van der Waals surface area contributed by atoms with E-state index < -0.39 is 0 Å². The Labute approximate surface area is 124 Å². The molecule has 6 nitrogen and oxygen atoms in total. The van der Waals surface area contributed by atoms with Gasteiger partial charge in [-0.3, -0.25) is 0 Å². The molecule has 4 N–H and O–H groups in total. The summed E-state index contributed by atoms with van der Waals surface area (Å²) in [6, 6.07) is 5.43. The fourth-order valence-electron chi connectivity index (χ4n) is 2.04. The van der Waals surface area contributed by atoms with Crippen LogP contribution in [-0.4, -0.2) is 37.9 Å². The molecule has 0 aliphatic heterocycles. The van der Waals surface area contributed by atoms with Gasteiger partial charge in [0.05, 0.1) is 13.7 Å². The lowest BCUT2D eigenvalue weighted by Gasteiger charge is -2.11. The lowest BCUT2D eigenvalue weighted by molar-refractivity contribution is 0.126. The van der Waals surface area contributed by atoms with Crippen LogP contribution in [0.2, 0.25) is 0 Å². The molecular weight excluding hydrogens is 270 g/mol. The van der Waals surface area contributed by atoms with Gasteiger partial charge in [0.15, 0.2) is 5.84 Å². The van der Waals surface area contributed by atoms with E-state index in [9.17, 15) is 0 Å². The van der Waals surface area contributed by atoms with Crippen molar-refractivity contribution in [3.05, 3.63) is 29.3 Å². The molecule has 0 spiro atoms. The van der Waals surface area contributed by atoms with Gasteiger partial charge in [0.25, 0.3) is 0 Å². The molecule has 0 saturated heterocycles. The molecule has 1 aliphatic rings. The Morgan fingerprint density at radius 3 is 2.95 bits per heavy atom. The van der Waals surface area contributed by atoms with Crippen LogP contribution >= 0.6 is 0 Å². The maximum atomic E-state index is 8.73. The highest BCUT2D eigenvalue weighted by atomic mass is 16.5. The third-order valence-corrected chi connectivity index (χ3v) is 3.47. The average molecular weight is 293 g/mol. The van der Waals surface area contributed by atoms with Crippen LogP contribution in [0.1, 0.15) is 24.0 Å². The molecule has 1 aliphatic carbocycles. The van der Waals surface area contributed by atoms with Crippen LogP contribution in [0, 0.1) is 5.92 Å². The summed E-state index contributed by atoms with van der Waals surface area (Å²) < 4.78 is 10.9. The topological polar surface area (TPSA) is 89.1 Å². The van der Waals surface area contributed by atoms with Gasteiger partial charge in [0.2, 0.25) is 0 Å². The highest BCUT2D eigenvalue weighted by Gasteiger charge is 2.20. The largest absolute Gasteiger partial charge is 0.496 e. The van der Waals surface area contributed by atoms with E-state index in [1.54, 1.807) is 13.2 Å². The van der Waals surface area contributed by atoms with Crippen molar-refractivity contribution in [3.8, 4) is 5.75 Å². The normalized spacial score (nSPS) is 15.2. The monoisotopic (exact) mass is 293 g/mol. The molecule has 1 aromatic rings. The smallest absolute Gasteiger partial charge is 0.170 e. The molecule has 0 atom stereocenters. The molecule has 6 heteroatoms. The van der Waals surface area contributed by atoms with Crippen LogP contribution in [0.5, 0.6) is 5.75 Å². The molecule has 1 fully saturated rings. The quantitative estimate of drug-likeness (QED) is 0.210. The molecule has 1 aromatic carbocycles. The Bertz CT molecular complexity index is 487. The molecule has 116 valence electrons. The predicted molar refractivity (Wildman–Crippen MR) is 80.8 cm³/mol. The Morgan fingerprint density at radius 2 is 2.29 bits per heavy atom. The highest BCUT2D eigenvalue weighted by Crippen LogP contribution is 2.28.